The largest absolute Gasteiger partial charge is 0.481 e. The molecule has 2 N–H and O–H groups in total. The topological polar surface area (TPSA) is 83.0 Å². The van der Waals surface area contributed by atoms with Gasteiger partial charge in [-0.3, -0.25) is 9.59 Å². The normalized spacial score (nSPS) is 10.4. The van der Waals surface area contributed by atoms with Crippen LogP contribution < -0.4 is 5.56 Å². The molecule has 0 saturated heterocycles. The lowest BCUT2D eigenvalue weighted by molar-refractivity contribution is -0.136. The highest BCUT2D eigenvalue weighted by Gasteiger charge is 2.07. The summed E-state index contributed by atoms with van der Waals surface area (Å²) in [6.45, 7) is 0. The van der Waals surface area contributed by atoms with Crippen molar-refractivity contribution < 1.29 is 14.3 Å². The minimum atomic E-state index is -1.09. The minimum Gasteiger partial charge on any atom is -0.481 e. The molecule has 1 aromatic heterocycles. The van der Waals surface area contributed by atoms with Crippen molar-refractivity contribution in [3.8, 4) is 0 Å². The highest BCUT2D eigenvalue weighted by atomic mass is 19.1. The Kier molecular flexibility index (Phi) is 3.70. The van der Waals surface area contributed by atoms with E-state index in [1.54, 1.807) is 12.1 Å². The predicted octanol–water partition coefficient (Wildman–Crippen LogP) is 1.13. The van der Waals surface area contributed by atoms with Crippen molar-refractivity contribution in [1.29, 1.82) is 0 Å². The van der Waals surface area contributed by atoms with E-state index in [0.29, 0.717) is 11.4 Å². The van der Waals surface area contributed by atoms with E-state index in [9.17, 15) is 14.0 Å². The van der Waals surface area contributed by atoms with Crippen LogP contribution in [0, 0.1) is 5.82 Å². The van der Waals surface area contributed by atoms with Crippen LogP contribution in [-0.4, -0.2) is 21.0 Å². The predicted molar refractivity (Wildman–Crippen MR) is 65.4 cm³/mol. The quantitative estimate of drug-likeness (QED) is 0.865. The van der Waals surface area contributed by atoms with Crippen molar-refractivity contribution in [1.82, 2.24) is 9.97 Å². The average molecular weight is 262 g/mol. The third kappa shape index (κ3) is 3.48. The second-order valence-electron chi connectivity index (χ2n) is 4.06. The number of nitrogens with zero attached hydrogens (tertiary/aromatic N) is 1. The summed E-state index contributed by atoms with van der Waals surface area (Å²) in [5, 5.41) is 8.60. The molecule has 0 unspecified atom stereocenters. The first-order valence-electron chi connectivity index (χ1n) is 5.58. The molecule has 2 rings (SSSR count). The number of rotatable bonds is 4. The second kappa shape index (κ2) is 5.43. The monoisotopic (exact) mass is 262 g/mol. The third-order valence-electron chi connectivity index (χ3n) is 2.53. The average Bonchev–Trinajstić information content (AvgIpc) is 2.32. The van der Waals surface area contributed by atoms with Gasteiger partial charge in [-0.2, -0.15) is 0 Å². The van der Waals surface area contributed by atoms with E-state index in [4.69, 9.17) is 5.11 Å². The number of nitrogens with one attached hydrogen (secondary N) is 1. The molecule has 1 aromatic carbocycles. The number of hydrogen-bond acceptors (Lipinski definition) is 3. The molecule has 0 aliphatic rings. The Morgan fingerprint density at radius 2 is 2.21 bits per heavy atom. The van der Waals surface area contributed by atoms with E-state index >= 15 is 0 Å². The molecule has 0 spiro atoms. The molecule has 98 valence electrons. The lowest BCUT2D eigenvalue weighted by Gasteiger charge is -2.02. The number of carbonyl (C=O) groups is 1. The van der Waals surface area contributed by atoms with Gasteiger partial charge in [-0.25, -0.2) is 9.37 Å². The summed E-state index contributed by atoms with van der Waals surface area (Å²) in [5.74, 6) is -1.09. The van der Waals surface area contributed by atoms with Crippen LogP contribution >= 0.6 is 0 Å². The number of halogens is 1. The van der Waals surface area contributed by atoms with Gasteiger partial charge >= 0.3 is 5.97 Å². The van der Waals surface area contributed by atoms with Gasteiger partial charge in [0.2, 0.25) is 0 Å². The van der Waals surface area contributed by atoms with Crippen LogP contribution in [0.4, 0.5) is 4.39 Å². The van der Waals surface area contributed by atoms with Crippen molar-refractivity contribution >= 4 is 5.97 Å². The van der Waals surface area contributed by atoms with Gasteiger partial charge in [0.25, 0.3) is 5.56 Å². The zero-order valence-electron chi connectivity index (χ0n) is 9.89. The van der Waals surface area contributed by atoms with E-state index in [1.165, 1.54) is 18.3 Å². The van der Waals surface area contributed by atoms with Crippen molar-refractivity contribution in [3.05, 3.63) is 63.6 Å². The summed E-state index contributed by atoms with van der Waals surface area (Å²) in [6, 6.07) is 5.97. The number of aromatic amines is 1. The smallest absolute Gasteiger partial charge is 0.308 e. The van der Waals surface area contributed by atoms with Gasteiger partial charge in [0.1, 0.15) is 11.6 Å². The summed E-state index contributed by atoms with van der Waals surface area (Å²) < 4.78 is 13.0. The van der Waals surface area contributed by atoms with Gasteiger partial charge in [0.15, 0.2) is 0 Å². The van der Waals surface area contributed by atoms with Gasteiger partial charge in [-0.15, -0.1) is 0 Å². The molecule has 0 aliphatic heterocycles. The number of aromatic nitrogens is 2. The molecule has 0 bridgehead atoms. The molecular formula is C13H11FN2O3. The Morgan fingerprint density at radius 1 is 1.42 bits per heavy atom. The van der Waals surface area contributed by atoms with Gasteiger partial charge in [-0.05, 0) is 17.7 Å². The van der Waals surface area contributed by atoms with Gasteiger partial charge in [0, 0.05) is 18.2 Å². The van der Waals surface area contributed by atoms with Crippen LogP contribution in [0.1, 0.15) is 17.0 Å². The lowest BCUT2D eigenvalue weighted by Crippen LogP contribution is -2.19. The lowest BCUT2D eigenvalue weighted by atomic mass is 10.1. The number of hydrogen-bond donors (Lipinski definition) is 2. The maximum absolute atomic E-state index is 13.0. The van der Waals surface area contributed by atoms with E-state index in [2.05, 4.69) is 9.97 Å². The zero-order valence-corrected chi connectivity index (χ0v) is 9.89. The molecule has 0 amide bonds. The number of carboxylic acids is 1. The highest BCUT2D eigenvalue weighted by Crippen LogP contribution is 2.07. The van der Waals surface area contributed by atoms with Gasteiger partial charge in [-0.1, -0.05) is 12.1 Å². The van der Waals surface area contributed by atoms with Crippen molar-refractivity contribution in [2.24, 2.45) is 0 Å². The molecule has 2 aromatic rings. The van der Waals surface area contributed by atoms with Crippen LogP contribution in [0.5, 0.6) is 0 Å². The van der Waals surface area contributed by atoms with Crippen molar-refractivity contribution in [2.45, 2.75) is 12.8 Å². The van der Waals surface area contributed by atoms with Crippen LogP contribution in [0.2, 0.25) is 0 Å². The standard InChI is InChI=1S/C13H11FN2O3/c14-10-3-1-2-8(4-10)5-11-15-7-9(6-12(17)18)13(19)16-11/h1-4,7H,5-6H2,(H,17,18)(H,15,16,19). The molecular weight excluding hydrogens is 251 g/mol. The fraction of sp³-hybridized carbons (Fsp3) is 0.154. The van der Waals surface area contributed by atoms with E-state index < -0.39 is 11.5 Å². The number of carboxylic acid groups (broad SMARTS) is 1. The summed E-state index contributed by atoms with van der Waals surface area (Å²) >= 11 is 0. The Morgan fingerprint density at radius 3 is 2.84 bits per heavy atom. The second-order valence-corrected chi connectivity index (χ2v) is 4.06. The van der Waals surface area contributed by atoms with E-state index in [0.717, 1.165) is 0 Å². The summed E-state index contributed by atoms with van der Waals surface area (Å²) in [4.78, 5) is 28.6. The molecule has 0 atom stereocenters. The Labute approximate surface area is 107 Å². The number of benzene rings is 1. The molecule has 19 heavy (non-hydrogen) atoms. The van der Waals surface area contributed by atoms with Crippen LogP contribution in [0.3, 0.4) is 0 Å². The molecule has 6 heteroatoms. The SMILES string of the molecule is O=C(O)Cc1cnc(Cc2cccc(F)c2)[nH]c1=O. The van der Waals surface area contributed by atoms with Crippen LogP contribution in [-0.2, 0) is 17.6 Å². The first kappa shape index (κ1) is 12.9. The summed E-state index contributed by atoms with van der Waals surface area (Å²) in [7, 11) is 0. The van der Waals surface area contributed by atoms with E-state index in [-0.39, 0.29) is 24.2 Å². The Bertz CT molecular complexity index is 667. The Hall–Kier alpha value is -2.50. The molecule has 0 aliphatic carbocycles. The van der Waals surface area contributed by atoms with Crippen LogP contribution in [0.15, 0.2) is 35.3 Å². The highest BCUT2D eigenvalue weighted by molar-refractivity contribution is 5.69. The number of aliphatic carboxylic acids is 1. The van der Waals surface area contributed by atoms with Gasteiger partial charge < -0.3 is 10.1 Å². The third-order valence-corrected chi connectivity index (χ3v) is 2.53. The first-order chi connectivity index (χ1) is 9.04. The molecule has 0 fully saturated rings. The summed E-state index contributed by atoms with van der Waals surface area (Å²) in [5.41, 5.74) is 0.286. The minimum absolute atomic E-state index is 0.0930. The van der Waals surface area contributed by atoms with E-state index in [1.807, 2.05) is 0 Å². The first-order valence-corrected chi connectivity index (χ1v) is 5.58. The number of H-pyrrole nitrogens is 1. The Balaban J connectivity index is 2.21. The zero-order chi connectivity index (χ0) is 13.8. The molecule has 5 nitrogen and oxygen atoms in total. The molecule has 0 radical (unpaired) electrons. The van der Waals surface area contributed by atoms with Crippen molar-refractivity contribution in [2.75, 3.05) is 0 Å². The van der Waals surface area contributed by atoms with Crippen molar-refractivity contribution in [3.63, 3.8) is 0 Å². The maximum Gasteiger partial charge on any atom is 0.308 e. The summed E-state index contributed by atoms with van der Waals surface area (Å²) in [6.07, 6.45) is 1.14. The molecule has 0 saturated carbocycles. The van der Waals surface area contributed by atoms with Crippen LogP contribution in [0.25, 0.3) is 0 Å². The maximum atomic E-state index is 13.0. The fourth-order valence-corrected chi connectivity index (χ4v) is 1.68. The van der Waals surface area contributed by atoms with Gasteiger partial charge in [0.05, 0.1) is 6.42 Å². The fourth-order valence-electron chi connectivity index (χ4n) is 1.68. The molecule has 1 heterocycles.